The lowest BCUT2D eigenvalue weighted by Crippen LogP contribution is -2.18. The van der Waals surface area contributed by atoms with Gasteiger partial charge in [-0.2, -0.15) is 26.3 Å². The van der Waals surface area contributed by atoms with Gasteiger partial charge in [0.05, 0.1) is 11.1 Å². The van der Waals surface area contributed by atoms with E-state index in [-0.39, 0.29) is 46.7 Å². The third-order valence-corrected chi connectivity index (χ3v) is 6.29. The van der Waals surface area contributed by atoms with Crippen LogP contribution in [0.15, 0.2) is 97.1 Å². The van der Waals surface area contributed by atoms with Gasteiger partial charge in [-0.3, -0.25) is 19.2 Å². The quantitative estimate of drug-likeness (QED) is 0.141. The first-order chi connectivity index (χ1) is 21.7. The van der Waals surface area contributed by atoms with Gasteiger partial charge >= 0.3 is 12.4 Å². The second kappa shape index (κ2) is 14.0. The Morgan fingerprint density at radius 2 is 0.783 bits per heavy atom. The molecular formula is C32H24F6N4O4. The van der Waals surface area contributed by atoms with E-state index >= 15 is 0 Å². The fraction of sp³-hybridized carbons (Fsp3) is 0.125. The molecule has 0 unspecified atom stereocenters. The molecule has 0 heterocycles. The zero-order chi connectivity index (χ0) is 33.5. The molecule has 238 valence electrons. The van der Waals surface area contributed by atoms with Gasteiger partial charge in [0.25, 0.3) is 11.8 Å². The standard InChI is InChI=1S/C32H24F6N4O4/c33-31(34,35)21-7-3-11-25(17-21)41-29(45)19-5-1-9-23(15-19)39-27(43)13-14-28(44)40-24-10-2-6-20(16-24)30(46)42-26-12-4-8-22(18-26)32(36,37)38/h1-12,15-18H,13-14H2,(H,39,43)(H,40,44)(H,41,45)(H,42,46). The topological polar surface area (TPSA) is 116 Å². The van der Waals surface area contributed by atoms with E-state index < -0.39 is 47.1 Å². The summed E-state index contributed by atoms with van der Waals surface area (Å²) in [6.45, 7) is 0. The molecule has 0 saturated heterocycles. The van der Waals surface area contributed by atoms with Crippen LogP contribution in [0, 0.1) is 0 Å². The van der Waals surface area contributed by atoms with E-state index in [1.165, 1.54) is 60.7 Å². The maximum absolute atomic E-state index is 13.0. The molecule has 0 aliphatic carbocycles. The Morgan fingerprint density at radius 3 is 1.13 bits per heavy atom. The van der Waals surface area contributed by atoms with E-state index in [1.807, 2.05) is 0 Å². The summed E-state index contributed by atoms with van der Waals surface area (Å²) in [5, 5.41) is 9.83. The Kier molecular flexibility index (Phi) is 10.1. The van der Waals surface area contributed by atoms with Gasteiger partial charge in [-0.25, -0.2) is 0 Å². The molecule has 4 aromatic rings. The molecule has 0 atom stereocenters. The van der Waals surface area contributed by atoms with Crippen LogP contribution in [0.2, 0.25) is 0 Å². The number of nitrogens with one attached hydrogen (secondary N) is 4. The second-order valence-corrected chi connectivity index (χ2v) is 9.82. The van der Waals surface area contributed by atoms with Crippen molar-refractivity contribution in [2.45, 2.75) is 25.2 Å². The van der Waals surface area contributed by atoms with Crippen molar-refractivity contribution in [2.75, 3.05) is 21.3 Å². The van der Waals surface area contributed by atoms with Crippen LogP contribution in [0.3, 0.4) is 0 Å². The Hall–Kier alpha value is -5.66. The van der Waals surface area contributed by atoms with E-state index in [1.54, 1.807) is 0 Å². The predicted octanol–water partition coefficient (Wildman–Crippen LogP) is 7.59. The first kappa shape index (κ1) is 33.2. The second-order valence-electron chi connectivity index (χ2n) is 9.82. The highest BCUT2D eigenvalue weighted by Crippen LogP contribution is 2.32. The summed E-state index contributed by atoms with van der Waals surface area (Å²) < 4.78 is 77.7. The summed E-state index contributed by atoms with van der Waals surface area (Å²) in [6.07, 6.45) is -9.69. The number of rotatable bonds is 9. The highest BCUT2D eigenvalue weighted by Gasteiger charge is 2.31. The Balaban J connectivity index is 1.28. The van der Waals surface area contributed by atoms with E-state index in [0.717, 1.165) is 36.4 Å². The third-order valence-electron chi connectivity index (χ3n) is 6.29. The first-order valence-corrected chi connectivity index (χ1v) is 13.4. The molecule has 4 rings (SSSR count). The number of halogens is 6. The fourth-order valence-electron chi connectivity index (χ4n) is 4.10. The molecule has 0 spiro atoms. The molecule has 0 aromatic heterocycles. The zero-order valence-corrected chi connectivity index (χ0v) is 23.6. The van der Waals surface area contributed by atoms with Crippen LogP contribution in [-0.2, 0) is 21.9 Å². The largest absolute Gasteiger partial charge is 0.416 e. The van der Waals surface area contributed by atoms with Gasteiger partial charge in [0.1, 0.15) is 0 Å². The van der Waals surface area contributed by atoms with Crippen molar-refractivity contribution in [1.82, 2.24) is 0 Å². The molecular weight excluding hydrogens is 618 g/mol. The van der Waals surface area contributed by atoms with Gasteiger partial charge in [0.15, 0.2) is 0 Å². The van der Waals surface area contributed by atoms with Crippen molar-refractivity contribution in [1.29, 1.82) is 0 Å². The molecule has 0 aliphatic rings. The van der Waals surface area contributed by atoms with Crippen molar-refractivity contribution < 1.29 is 45.5 Å². The molecule has 0 radical (unpaired) electrons. The molecule has 8 nitrogen and oxygen atoms in total. The van der Waals surface area contributed by atoms with Crippen LogP contribution in [-0.4, -0.2) is 23.6 Å². The van der Waals surface area contributed by atoms with E-state index in [9.17, 15) is 45.5 Å². The number of hydrogen-bond acceptors (Lipinski definition) is 4. The molecule has 0 fully saturated rings. The van der Waals surface area contributed by atoms with Crippen LogP contribution in [0.1, 0.15) is 44.7 Å². The van der Waals surface area contributed by atoms with Gasteiger partial charge in [-0.1, -0.05) is 24.3 Å². The van der Waals surface area contributed by atoms with Crippen LogP contribution in [0.25, 0.3) is 0 Å². The SMILES string of the molecule is O=C(CCC(=O)Nc1cccc(C(=O)Nc2cccc(C(F)(F)F)c2)c1)Nc1cccc(C(=O)Nc2cccc(C(F)(F)F)c2)c1. The number of amides is 4. The summed E-state index contributed by atoms with van der Waals surface area (Å²) >= 11 is 0. The summed E-state index contributed by atoms with van der Waals surface area (Å²) in [5.41, 5.74) is -1.45. The van der Waals surface area contributed by atoms with E-state index in [0.29, 0.717) is 0 Å². The predicted molar refractivity (Wildman–Crippen MR) is 158 cm³/mol. The van der Waals surface area contributed by atoms with Crippen LogP contribution in [0.4, 0.5) is 49.1 Å². The fourth-order valence-corrected chi connectivity index (χ4v) is 4.10. The van der Waals surface area contributed by atoms with Crippen molar-refractivity contribution in [3.63, 3.8) is 0 Å². The molecule has 46 heavy (non-hydrogen) atoms. The molecule has 4 N–H and O–H groups in total. The first-order valence-electron chi connectivity index (χ1n) is 13.4. The number of carbonyl (C=O) groups is 4. The summed E-state index contributed by atoms with van der Waals surface area (Å²) in [5.74, 6) is -2.55. The monoisotopic (exact) mass is 642 g/mol. The Bertz CT molecular complexity index is 1640. The molecule has 0 aliphatic heterocycles. The van der Waals surface area contributed by atoms with Gasteiger partial charge in [-0.15, -0.1) is 0 Å². The lowest BCUT2D eigenvalue weighted by Gasteiger charge is -2.11. The summed E-state index contributed by atoms with van der Waals surface area (Å²) in [7, 11) is 0. The number of alkyl halides is 6. The minimum atomic E-state index is -4.58. The minimum absolute atomic E-state index is 0.0601. The van der Waals surface area contributed by atoms with Crippen molar-refractivity contribution in [2.24, 2.45) is 0 Å². The van der Waals surface area contributed by atoms with Gasteiger partial charge in [0, 0.05) is 46.7 Å². The minimum Gasteiger partial charge on any atom is -0.326 e. The maximum Gasteiger partial charge on any atom is 0.416 e. The molecule has 0 saturated carbocycles. The molecule has 0 bridgehead atoms. The van der Waals surface area contributed by atoms with Gasteiger partial charge in [0.2, 0.25) is 11.8 Å². The Morgan fingerprint density at radius 1 is 0.457 bits per heavy atom. The molecule has 14 heteroatoms. The maximum atomic E-state index is 13.0. The number of anilines is 4. The van der Waals surface area contributed by atoms with Crippen LogP contribution >= 0.6 is 0 Å². The van der Waals surface area contributed by atoms with Gasteiger partial charge < -0.3 is 21.3 Å². The van der Waals surface area contributed by atoms with Crippen molar-refractivity contribution in [3.05, 3.63) is 119 Å². The lowest BCUT2D eigenvalue weighted by atomic mass is 10.1. The highest BCUT2D eigenvalue weighted by atomic mass is 19.4. The van der Waals surface area contributed by atoms with Crippen LogP contribution in [0.5, 0.6) is 0 Å². The average molecular weight is 643 g/mol. The summed E-state index contributed by atoms with van der Waals surface area (Å²) in [4.78, 5) is 50.1. The van der Waals surface area contributed by atoms with Crippen molar-refractivity contribution in [3.8, 4) is 0 Å². The number of carbonyl (C=O) groups excluding carboxylic acids is 4. The normalized spacial score (nSPS) is 11.3. The lowest BCUT2D eigenvalue weighted by molar-refractivity contribution is -0.138. The Labute approximate surface area is 257 Å². The van der Waals surface area contributed by atoms with E-state index in [2.05, 4.69) is 21.3 Å². The molecule has 4 amide bonds. The van der Waals surface area contributed by atoms with Gasteiger partial charge in [-0.05, 0) is 72.8 Å². The smallest absolute Gasteiger partial charge is 0.326 e. The number of hydrogen-bond donors (Lipinski definition) is 4. The highest BCUT2D eigenvalue weighted by molar-refractivity contribution is 6.06. The zero-order valence-electron chi connectivity index (χ0n) is 23.6. The summed E-state index contributed by atoms with van der Waals surface area (Å²) in [6, 6.07) is 19.6. The van der Waals surface area contributed by atoms with Crippen LogP contribution < -0.4 is 21.3 Å². The molecule has 4 aromatic carbocycles. The van der Waals surface area contributed by atoms with Crippen molar-refractivity contribution >= 4 is 46.4 Å². The third kappa shape index (κ3) is 9.42. The number of benzene rings is 4. The average Bonchev–Trinajstić information content (AvgIpc) is 3.00. The van der Waals surface area contributed by atoms with E-state index in [4.69, 9.17) is 0 Å².